The third-order valence-corrected chi connectivity index (χ3v) is 2.70. The number of urea groups is 1. The number of carbonyl (C=O) groups is 1. The molecule has 6 heteroatoms. The van der Waals surface area contributed by atoms with Crippen LogP contribution in [0.4, 0.5) is 4.79 Å². The van der Waals surface area contributed by atoms with Crippen LogP contribution in [0.25, 0.3) is 0 Å². The SMILES string of the molecule is CN(Cc1ccc2c(c1)OCCCO2)C(=O)NN. The number of fused-ring (bicyclic) bond motifs is 1. The average Bonchev–Trinajstić information content (AvgIpc) is 2.62. The van der Waals surface area contributed by atoms with Crippen molar-refractivity contribution < 1.29 is 14.3 Å². The van der Waals surface area contributed by atoms with Crippen molar-refractivity contribution in [2.24, 2.45) is 5.84 Å². The smallest absolute Gasteiger partial charge is 0.331 e. The summed E-state index contributed by atoms with van der Waals surface area (Å²) in [7, 11) is 1.67. The lowest BCUT2D eigenvalue weighted by Gasteiger charge is -2.17. The summed E-state index contributed by atoms with van der Waals surface area (Å²) in [4.78, 5) is 12.8. The Morgan fingerprint density at radius 1 is 1.39 bits per heavy atom. The summed E-state index contributed by atoms with van der Waals surface area (Å²) in [6, 6.07) is 5.33. The molecule has 1 aliphatic rings. The molecule has 0 spiro atoms. The summed E-state index contributed by atoms with van der Waals surface area (Å²) < 4.78 is 11.1. The summed E-state index contributed by atoms with van der Waals surface area (Å²) in [5, 5.41) is 0. The molecule has 0 fully saturated rings. The zero-order valence-corrected chi connectivity index (χ0v) is 10.3. The van der Waals surface area contributed by atoms with Crippen LogP contribution in [0.2, 0.25) is 0 Å². The van der Waals surface area contributed by atoms with Crippen molar-refractivity contribution in [1.82, 2.24) is 10.3 Å². The van der Waals surface area contributed by atoms with E-state index in [2.05, 4.69) is 5.43 Å². The lowest BCUT2D eigenvalue weighted by molar-refractivity contribution is 0.207. The Labute approximate surface area is 106 Å². The van der Waals surface area contributed by atoms with Gasteiger partial charge >= 0.3 is 6.03 Å². The molecule has 3 N–H and O–H groups in total. The van der Waals surface area contributed by atoms with E-state index in [1.54, 1.807) is 7.05 Å². The average molecular weight is 251 g/mol. The normalized spacial score (nSPS) is 13.7. The Morgan fingerprint density at radius 3 is 2.83 bits per heavy atom. The zero-order valence-electron chi connectivity index (χ0n) is 10.3. The van der Waals surface area contributed by atoms with Crippen LogP contribution in [0.3, 0.4) is 0 Å². The first-order valence-electron chi connectivity index (χ1n) is 5.81. The minimum absolute atomic E-state index is 0.331. The van der Waals surface area contributed by atoms with Crippen LogP contribution in [-0.2, 0) is 6.54 Å². The Hall–Kier alpha value is -1.95. The van der Waals surface area contributed by atoms with Gasteiger partial charge in [0.15, 0.2) is 11.5 Å². The molecule has 18 heavy (non-hydrogen) atoms. The second kappa shape index (κ2) is 5.59. The van der Waals surface area contributed by atoms with Crippen LogP contribution in [0.15, 0.2) is 18.2 Å². The van der Waals surface area contributed by atoms with Crippen LogP contribution >= 0.6 is 0 Å². The highest BCUT2D eigenvalue weighted by molar-refractivity contribution is 5.73. The van der Waals surface area contributed by atoms with Crippen LogP contribution in [-0.4, -0.2) is 31.2 Å². The van der Waals surface area contributed by atoms with Crippen molar-refractivity contribution in [2.75, 3.05) is 20.3 Å². The zero-order chi connectivity index (χ0) is 13.0. The van der Waals surface area contributed by atoms with Crippen LogP contribution in [0, 0.1) is 0 Å². The van der Waals surface area contributed by atoms with Gasteiger partial charge in [-0.05, 0) is 17.7 Å². The van der Waals surface area contributed by atoms with Crippen molar-refractivity contribution in [3.05, 3.63) is 23.8 Å². The summed E-state index contributed by atoms with van der Waals surface area (Å²) in [6.45, 7) is 1.77. The second-order valence-electron chi connectivity index (χ2n) is 4.14. The predicted octanol–water partition coefficient (Wildman–Crippen LogP) is 0.863. The molecule has 0 aliphatic carbocycles. The fourth-order valence-corrected chi connectivity index (χ4v) is 1.76. The van der Waals surface area contributed by atoms with Gasteiger partial charge in [0, 0.05) is 20.0 Å². The minimum Gasteiger partial charge on any atom is -0.490 e. The molecular weight excluding hydrogens is 234 g/mol. The molecule has 2 amide bonds. The molecule has 1 aromatic rings. The van der Waals surface area contributed by atoms with E-state index in [0.29, 0.717) is 19.8 Å². The van der Waals surface area contributed by atoms with E-state index in [-0.39, 0.29) is 6.03 Å². The van der Waals surface area contributed by atoms with Gasteiger partial charge < -0.3 is 14.4 Å². The summed E-state index contributed by atoms with van der Waals surface area (Å²) in [5.74, 6) is 6.55. The number of nitrogens with two attached hydrogens (primary N) is 1. The van der Waals surface area contributed by atoms with Crippen LogP contribution < -0.4 is 20.7 Å². The largest absolute Gasteiger partial charge is 0.490 e. The molecule has 0 unspecified atom stereocenters. The topological polar surface area (TPSA) is 76.8 Å². The molecule has 0 saturated carbocycles. The number of nitrogens with zero attached hydrogens (tertiary/aromatic N) is 1. The first kappa shape index (κ1) is 12.5. The molecule has 0 saturated heterocycles. The quantitative estimate of drug-likeness (QED) is 0.464. The Kier molecular flexibility index (Phi) is 3.88. The number of rotatable bonds is 2. The Bertz CT molecular complexity index is 437. The number of benzene rings is 1. The predicted molar refractivity (Wildman–Crippen MR) is 66.2 cm³/mol. The third kappa shape index (κ3) is 2.84. The lowest BCUT2D eigenvalue weighted by atomic mass is 10.2. The Morgan fingerprint density at radius 2 is 2.11 bits per heavy atom. The van der Waals surface area contributed by atoms with Crippen molar-refractivity contribution in [2.45, 2.75) is 13.0 Å². The van der Waals surface area contributed by atoms with Gasteiger partial charge in [0.05, 0.1) is 13.2 Å². The molecule has 1 aromatic carbocycles. The van der Waals surface area contributed by atoms with Crippen LogP contribution in [0.1, 0.15) is 12.0 Å². The number of carbonyl (C=O) groups excluding carboxylic acids is 1. The monoisotopic (exact) mass is 251 g/mol. The summed E-state index contributed by atoms with van der Waals surface area (Å²) in [6.07, 6.45) is 0.874. The van der Waals surface area contributed by atoms with E-state index in [1.807, 2.05) is 18.2 Å². The van der Waals surface area contributed by atoms with Gasteiger partial charge in [-0.15, -0.1) is 0 Å². The number of hydrazine groups is 1. The van der Waals surface area contributed by atoms with Gasteiger partial charge in [0.2, 0.25) is 0 Å². The second-order valence-corrected chi connectivity index (χ2v) is 4.14. The molecule has 0 radical (unpaired) electrons. The standard InChI is InChI=1S/C12H17N3O3/c1-15(12(16)14-13)8-9-3-4-10-11(7-9)18-6-2-5-17-10/h3-4,7H,2,5-6,8,13H2,1H3,(H,14,16). The maximum absolute atomic E-state index is 11.3. The molecule has 1 heterocycles. The highest BCUT2D eigenvalue weighted by atomic mass is 16.5. The summed E-state index contributed by atoms with van der Waals surface area (Å²) in [5.41, 5.74) is 3.05. The molecular formula is C12H17N3O3. The van der Waals surface area contributed by atoms with E-state index in [1.165, 1.54) is 4.90 Å². The number of nitrogens with one attached hydrogen (secondary N) is 1. The van der Waals surface area contributed by atoms with E-state index < -0.39 is 0 Å². The van der Waals surface area contributed by atoms with Crippen molar-refractivity contribution in [1.29, 1.82) is 0 Å². The summed E-state index contributed by atoms with van der Waals surface area (Å²) >= 11 is 0. The van der Waals surface area contributed by atoms with Crippen molar-refractivity contribution in [3.8, 4) is 11.5 Å². The van der Waals surface area contributed by atoms with Gasteiger partial charge in [-0.1, -0.05) is 6.07 Å². The van der Waals surface area contributed by atoms with Gasteiger partial charge in [0.1, 0.15) is 0 Å². The highest BCUT2D eigenvalue weighted by Gasteiger charge is 2.12. The fourth-order valence-electron chi connectivity index (χ4n) is 1.76. The van der Waals surface area contributed by atoms with Crippen molar-refractivity contribution in [3.63, 3.8) is 0 Å². The first-order valence-corrected chi connectivity index (χ1v) is 5.81. The number of ether oxygens (including phenoxy) is 2. The maximum atomic E-state index is 11.3. The first-order chi connectivity index (χ1) is 8.70. The van der Waals surface area contributed by atoms with E-state index in [0.717, 1.165) is 23.5 Å². The maximum Gasteiger partial charge on any atom is 0.331 e. The number of hydrogen-bond acceptors (Lipinski definition) is 4. The highest BCUT2D eigenvalue weighted by Crippen LogP contribution is 2.30. The number of hydrogen-bond donors (Lipinski definition) is 2. The number of amides is 2. The molecule has 0 atom stereocenters. The molecule has 1 aliphatic heterocycles. The fraction of sp³-hybridized carbons (Fsp3) is 0.417. The van der Waals surface area contributed by atoms with Gasteiger partial charge in [0.25, 0.3) is 0 Å². The molecule has 0 aromatic heterocycles. The lowest BCUT2D eigenvalue weighted by Crippen LogP contribution is -2.40. The van der Waals surface area contributed by atoms with E-state index >= 15 is 0 Å². The molecule has 0 bridgehead atoms. The van der Waals surface area contributed by atoms with E-state index in [4.69, 9.17) is 15.3 Å². The van der Waals surface area contributed by atoms with E-state index in [9.17, 15) is 4.79 Å². The third-order valence-electron chi connectivity index (χ3n) is 2.70. The van der Waals surface area contributed by atoms with Gasteiger partial charge in [-0.2, -0.15) is 0 Å². The molecule has 98 valence electrons. The van der Waals surface area contributed by atoms with Crippen molar-refractivity contribution >= 4 is 6.03 Å². The van der Waals surface area contributed by atoms with Crippen LogP contribution in [0.5, 0.6) is 11.5 Å². The van der Waals surface area contributed by atoms with Gasteiger partial charge in [-0.3, -0.25) is 5.43 Å². The molecule has 6 nitrogen and oxygen atoms in total. The minimum atomic E-state index is -0.331. The molecule has 2 rings (SSSR count). The van der Waals surface area contributed by atoms with Gasteiger partial charge in [-0.25, -0.2) is 10.6 Å². The Balaban J connectivity index is 2.10.